The molecule has 1 aromatic carbocycles. The van der Waals surface area contributed by atoms with Gasteiger partial charge in [-0.2, -0.15) is 5.26 Å². The van der Waals surface area contributed by atoms with Gasteiger partial charge in [0.15, 0.2) is 9.84 Å². The molecule has 33 heavy (non-hydrogen) atoms. The number of pyridine rings is 1. The van der Waals surface area contributed by atoms with Gasteiger partial charge in [0, 0.05) is 29.2 Å². The highest BCUT2D eigenvalue weighted by atomic mass is 32.2. The van der Waals surface area contributed by atoms with Gasteiger partial charge in [0.25, 0.3) is 0 Å². The Morgan fingerprint density at radius 3 is 2.91 bits per heavy atom. The number of hydrogen-bond donors (Lipinski definition) is 3. The molecule has 10 heteroatoms. The van der Waals surface area contributed by atoms with Gasteiger partial charge in [0.2, 0.25) is 0 Å². The van der Waals surface area contributed by atoms with E-state index in [1.165, 1.54) is 17.4 Å². The van der Waals surface area contributed by atoms with Crippen molar-refractivity contribution >= 4 is 37.9 Å². The monoisotopic (exact) mass is 479 g/mol. The van der Waals surface area contributed by atoms with Gasteiger partial charge in [-0.15, -0.1) is 11.3 Å². The lowest BCUT2D eigenvalue weighted by molar-refractivity contribution is 0.278. The summed E-state index contributed by atoms with van der Waals surface area (Å²) in [4.78, 5) is 12.3. The first-order chi connectivity index (χ1) is 16.0. The predicted molar refractivity (Wildman–Crippen MR) is 126 cm³/mol. The van der Waals surface area contributed by atoms with E-state index >= 15 is 0 Å². The summed E-state index contributed by atoms with van der Waals surface area (Å²) in [6.45, 7) is -0.116. The maximum atomic E-state index is 12.8. The van der Waals surface area contributed by atoms with Crippen LogP contribution in [0.5, 0.6) is 0 Å². The molecule has 8 nitrogen and oxygen atoms in total. The molecule has 3 heterocycles. The lowest BCUT2D eigenvalue weighted by Crippen LogP contribution is -2.39. The topological polar surface area (TPSA) is 132 Å². The number of aliphatic hydroxyl groups excluding tert-OH is 1. The number of aliphatic hydroxyl groups is 1. The Balaban J connectivity index is 1.32. The quantitative estimate of drug-likeness (QED) is 0.368. The fourth-order valence-electron chi connectivity index (χ4n) is 4.19. The Morgan fingerprint density at radius 2 is 2.15 bits per heavy atom. The standard InChI is InChI=1S/C23H21N5O3S2/c24-9-14-2-1-3-18(8-14)33(30,31)13-15-6-16(7-15)27-21-19-4-5-25-22(19)26-10-20(21)23-28-17(11-29)12-32-23/h1-5,8,10,12,15-16,29H,6-7,11,13H2,(H2,25,26,27). The second kappa shape index (κ2) is 8.59. The largest absolute Gasteiger partial charge is 0.390 e. The van der Waals surface area contributed by atoms with Gasteiger partial charge in [-0.1, -0.05) is 6.07 Å². The van der Waals surface area contributed by atoms with Gasteiger partial charge in [-0.05, 0) is 43.0 Å². The highest BCUT2D eigenvalue weighted by molar-refractivity contribution is 7.91. The van der Waals surface area contributed by atoms with Crippen molar-refractivity contribution in [1.29, 1.82) is 5.26 Å². The van der Waals surface area contributed by atoms with Gasteiger partial charge in [-0.3, -0.25) is 0 Å². The number of rotatable bonds is 7. The molecule has 0 atom stereocenters. The normalized spacial score (nSPS) is 18.1. The van der Waals surface area contributed by atoms with Gasteiger partial charge >= 0.3 is 0 Å². The highest BCUT2D eigenvalue weighted by Gasteiger charge is 2.34. The van der Waals surface area contributed by atoms with Gasteiger partial charge in [-0.25, -0.2) is 18.4 Å². The summed E-state index contributed by atoms with van der Waals surface area (Å²) in [5.74, 6) is 0.112. The minimum atomic E-state index is -3.45. The van der Waals surface area contributed by atoms with Crippen LogP contribution in [0.3, 0.4) is 0 Å². The molecule has 4 aromatic rings. The first-order valence-electron chi connectivity index (χ1n) is 10.5. The third kappa shape index (κ3) is 4.23. The van der Waals surface area contributed by atoms with E-state index in [1.807, 2.05) is 23.7 Å². The number of anilines is 1. The van der Waals surface area contributed by atoms with E-state index in [0.717, 1.165) is 40.1 Å². The molecule has 0 radical (unpaired) electrons. The first-order valence-corrected chi connectivity index (χ1v) is 13.0. The number of sulfone groups is 1. The second-order valence-corrected chi connectivity index (χ2v) is 11.1. The van der Waals surface area contributed by atoms with Crippen LogP contribution in [0.1, 0.15) is 24.1 Å². The predicted octanol–water partition coefficient (Wildman–Crippen LogP) is 3.71. The minimum Gasteiger partial charge on any atom is -0.390 e. The molecule has 0 bridgehead atoms. The van der Waals surface area contributed by atoms with Gasteiger partial charge < -0.3 is 15.4 Å². The number of benzene rings is 1. The van der Waals surface area contributed by atoms with Crippen LogP contribution < -0.4 is 5.32 Å². The molecule has 0 saturated heterocycles. The highest BCUT2D eigenvalue weighted by Crippen LogP contribution is 2.39. The van der Waals surface area contributed by atoms with Crippen LogP contribution in [-0.2, 0) is 16.4 Å². The molecule has 0 unspecified atom stereocenters. The number of fused-ring (bicyclic) bond motifs is 1. The molecule has 1 saturated carbocycles. The fraction of sp³-hybridized carbons (Fsp3) is 0.261. The SMILES string of the molecule is N#Cc1cccc(S(=O)(=O)CC2CC(Nc3c(-c4nc(CO)cs4)cnc4[nH]ccc34)C2)c1. The number of nitrogens with one attached hydrogen (secondary N) is 2. The summed E-state index contributed by atoms with van der Waals surface area (Å²) in [6, 6.07) is 10.3. The molecular formula is C23H21N5O3S2. The Kier molecular flexibility index (Phi) is 5.62. The molecule has 3 aromatic heterocycles. The summed E-state index contributed by atoms with van der Waals surface area (Å²) in [5.41, 5.74) is 3.49. The van der Waals surface area contributed by atoms with Crippen LogP contribution >= 0.6 is 11.3 Å². The molecule has 5 rings (SSSR count). The van der Waals surface area contributed by atoms with Crippen LogP contribution in [0.25, 0.3) is 21.6 Å². The Hall–Kier alpha value is -3.26. The molecule has 168 valence electrons. The first kappa shape index (κ1) is 21.6. The Bertz CT molecular complexity index is 1460. The number of nitriles is 1. The number of aromatic nitrogens is 3. The lowest BCUT2D eigenvalue weighted by atomic mass is 9.81. The van der Waals surface area contributed by atoms with Crippen LogP contribution in [0.15, 0.2) is 53.0 Å². The average molecular weight is 480 g/mol. The molecule has 1 aliphatic rings. The van der Waals surface area contributed by atoms with Crippen LogP contribution in [0, 0.1) is 17.2 Å². The van der Waals surface area contributed by atoms with Crippen molar-refractivity contribution in [3.8, 4) is 16.6 Å². The lowest BCUT2D eigenvalue weighted by Gasteiger charge is -2.36. The van der Waals surface area contributed by atoms with E-state index in [0.29, 0.717) is 11.3 Å². The molecule has 0 amide bonds. The molecule has 1 fully saturated rings. The zero-order valence-electron chi connectivity index (χ0n) is 17.5. The fourth-order valence-corrected chi connectivity index (χ4v) is 6.69. The van der Waals surface area contributed by atoms with E-state index in [2.05, 4.69) is 20.3 Å². The summed E-state index contributed by atoms with van der Waals surface area (Å²) >= 11 is 1.45. The second-order valence-electron chi connectivity index (χ2n) is 8.19. The van der Waals surface area contributed by atoms with Crippen LogP contribution in [0.2, 0.25) is 0 Å². The average Bonchev–Trinajstić information content (AvgIpc) is 3.47. The van der Waals surface area contributed by atoms with E-state index in [-0.39, 0.29) is 29.2 Å². The maximum absolute atomic E-state index is 12.8. The summed E-state index contributed by atoms with van der Waals surface area (Å²) in [6.07, 6.45) is 5.05. The van der Waals surface area contributed by atoms with E-state index in [1.54, 1.807) is 24.4 Å². The number of aromatic amines is 1. The Morgan fingerprint density at radius 1 is 1.30 bits per heavy atom. The van der Waals surface area contributed by atoms with Crippen molar-refractivity contribution < 1.29 is 13.5 Å². The molecule has 3 N–H and O–H groups in total. The van der Waals surface area contributed by atoms with E-state index < -0.39 is 9.84 Å². The number of nitrogens with zero attached hydrogens (tertiary/aromatic N) is 3. The summed E-state index contributed by atoms with van der Waals surface area (Å²) in [7, 11) is -3.45. The third-order valence-corrected chi connectivity index (χ3v) is 8.70. The van der Waals surface area contributed by atoms with Crippen LogP contribution in [-0.4, -0.2) is 40.3 Å². The molecule has 1 aliphatic carbocycles. The summed E-state index contributed by atoms with van der Waals surface area (Å²) < 4.78 is 25.6. The number of thiazole rings is 1. The van der Waals surface area contributed by atoms with E-state index in [9.17, 15) is 13.5 Å². The van der Waals surface area contributed by atoms with Gasteiger partial charge in [0.05, 0.1) is 45.8 Å². The van der Waals surface area contributed by atoms with Crippen molar-refractivity contribution in [2.45, 2.75) is 30.4 Å². The minimum absolute atomic E-state index is 0.0473. The molecule has 0 spiro atoms. The zero-order chi connectivity index (χ0) is 23.0. The van der Waals surface area contributed by atoms with Crippen molar-refractivity contribution in [2.75, 3.05) is 11.1 Å². The number of hydrogen-bond acceptors (Lipinski definition) is 8. The smallest absolute Gasteiger partial charge is 0.178 e. The summed E-state index contributed by atoms with van der Waals surface area (Å²) in [5, 5.41) is 25.5. The maximum Gasteiger partial charge on any atom is 0.178 e. The third-order valence-electron chi connectivity index (χ3n) is 5.89. The zero-order valence-corrected chi connectivity index (χ0v) is 19.2. The van der Waals surface area contributed by atoms with E-state index in [4.69, 9.17) is 5.26 Å². The van der Waals surface area contributed by atoms with Crippen molar-refractivity contribution in [3.63, 3.8) is 0 Å². The molecule has 0 aliphatic heterocycles. The molecular weight excluding hydrogens is 458 g/mol. The van der Waals surface area contributed by atoms with Gasteiger partial charge in [0.1, 0.15) is 10.7 Å². The Labute approximate surface area is 194 Å². The van der Waals surface area contributed by atoms with Crippen molar-refractivity contribution in [1.82, 2.24) is 15.0 Å². The van der Waals surface area contributed by atoms with Crippen molar-refractivity contribution in [2.24, 2.45) is 5.92 Å². The van der Waals surface area contributed by atoms with Crippen LogP contribution in [0.4, 0.5) is 5.69 Å². The number of H-pyrrole nitrogens is 1. The van der Waals surface area contributed by atoms with Crippen molar-refractivity contribution in [3.05, 3.63) is 59.4 Å².